The summed E-state index contributed by atoms with van der Waals surface area (Å²) in [5.41, 5.74) is 3.96. The molecule has 0 unspecified atom stereocenters. The lowest BCUT2D eigenvalue weighted by molar-refractivity contribution is 0.822. The highest BCUT2D eigenvalue weighted by Crippen LogP contribution is 2.51. The van der Waals surface area contributed by atoms with Crippen LogP contribution < -0.4 is 0 Å². The largest absolute Gasteiger partial charge is 0.240 e. The highest BCUT2D eigenvalue weighted by Gasteiger charge is 2.27. The van der Waals surface area contributed by atoms with E-state index in [2.05, 4.69) is 14.5 Å². The molecule has 1 aromatic carbocycles. The van der Waals surface area contributed by atoms with Crippen LogP contribution in [0.2, 0.25) is 0 Å². The van der Waals surface area contributed by atoms with Gasteiger partial charge in [0, 0.05) is 0 Å². The smallest absolute Gasteiger partial charge is 0.173 e. The quantitative estimate of drug-likeness (QED) is 0.545. The van der Waals surface area contributed by atoms with Gasteiger partial charge < -0.3 is 0 Å². The van der Waals surface area contributed by atoms with Gasteiger partial charge in [-0.2, -0.15) is 0 Å². The van der Waals surface area contributed by atoms with Gasteiger partial charge in [0.15, 0.2) is 17.1 Å². The third kappa shape index (κ3) is 2.76. The van der Waals surface area contributed by atoms with Gasteiger partial charge in [0.25, 0.3) is 0 Å². The van der Waals surface area contributed by atoms with E-state index in [0.29, 0.717) is 17.1 Å². The molecule has 0 aromatic heterocycles. The second-order valence-corrected chi connectivity index (χ2v) is 6.09. The molecule has 1 rings (SSSR count). The molecule has 108 valence electrons. The van der Waals surface area contributed by atoms with Crippen molar-refractivity contribution >= 4 is 17.1 Å². The first-order valence-electron chi connectivity index (χ1n) is 7.17. The van der Waals surface area contributed by atoms with Crippen LogP contribution in [-0.2, 0) is 0 Å². The van der Waals surface area contributed by atoms with Crippen LogP contribution in [0.15, 0.2) is 0 Å². The van der Waals surface area contributed by atoms with Crippen molar-refractivity contribution in [2.45, 2.75) is 59.3 Å². The Morgan fingerprint density at radius 2 is 0.714 bits per heavy atom. The molecule has 0 atom stereocenters. The van der Waals surface area contributed by atoms with E-state index >= 15 is 0 Å². The molecule has 0 spiro atoms. The molecule has 0 aliphatic rings. The van der Waals surface area contributed by atoms with E-state index in [9.17, 15) is 0 Å². The van der Waals surface area contributed by atoms with E-state index in [4.69, 9.17) is 19.7 Å². The Hall–Kier alpha value is -2.31. The standard InChI is InChI=1S/C18H21N3/c1-10(2)13-16(19-7)14(11(3)4)18(21-9)15(12(5)6)17(13)20-8/h10-12H,1-6H3. The highest BCUT2D eigenvalue weighted by molar-refractivity contribution is 5.86. The minimum atomic E-state index is 0.0907. The summed E-state index contributed by atoms with van der Waals surface area (Å²) < 4.78 is 0. The molecule has 3 heteroatoms. The van der Waals surface area contributed by atoms with Crippen LogP contribution in [-0.4, -0.2) is 0 Å². The van der Waals surface area contributed by atoms with Crippen LogP contribution in [0.5, 0.6) is 0 Å². The molecule has 1 aromatic rings. The molecule has 0 aliphatic heterocycles. The monoisotopic (exact) mass is 279 g/mol. The SMILES string of the molecule is [C-]#[N+]c1c(C(C)C)c([N+]#[C-])c(C(C)C)c([N+]#[C-])c1C(C)C. The minimum Gasteiger partial charge on any atom is -0.240 e. The topological polar surface area (TPSA) is 13.1 Å². The summed E-state index contributed by atoms with van der Waals surface area (Å²) in [5, 5.41) is 0. The van der Waals surface area contributed by atoms with Gasteiger partial charge in [0.2, 0.25) is 0 Å². The Balaban J connectivity index is 4.16. The van der Waals surface area contributed by atoms with Gasteiger partial charge in [-0.1, -0.05) is 41.5 Å². The normalized spacial score (nSPS) is 10.6. The van der Waals surface area contributed by atoms with Crippen molar-refractivity contribution in [1.29, 1.82) is 0 Å². The Morgan fingerprint density at radius 3 is 0.810 bits per heavy atom. The van der Waals surface area contributed by atoms with E-state index in [1.54, 1.807) is 0 Å². The lowest BCUT2D eigenvalue weighted by atomic mass is 9.84. The zero-order chi connectivity index (χ0) is 16.3. The summed E-state index contributed by atoms with van der Waals surface area (Å²) in [6, 6.07) is 0. The molecule has 0 amide bonds. The molecule has 0 aliphatic carbocycles. The summed E-state index contributed by atoms with van der Waals surface area (Å²) in [6.07, 6.45) is 0. The third-order valence-corrected chi connectivity index (χ3v) is 3.60. The lowest BCUT2D eigenvalue weighted by Crippen LogP contribution is -2.01. The zero-order valence-electron chi connectivity index (χ0n) is 13.6. The predicted octanol–water partition coefficient (Wildman–Crippen LogP) is 6.71. The molecular weight excluding hydrogens is 258 g/mol. The first-order valence-corrected chi connectivity index (χ1v) is 7.17. The van der Waals surface area contributed by atoms with Crippen molar-refractivity contribution in [3.05, 3.63) is 50.9 Å². The molecule has 0 radical (unpaired) electrons. The average Bonchev–Trinajstić information content (AvgIpc) is 2.42. The highest BCUT2D eigenvalue weighted by atomic mass is 14.8. The maximum Gasteiger partial charge on any atom is 0.173 e. The molecule has 0 saturated carbocycles. The van der Waals surface area contributed by atoms with E-state index < -0.39 is 0 Å². The first kappa shape index (κ1) is 16.7. The number of rotatable bonds is 3. The summed E-state index contributed by atoms with van der Waals surface area (Å²) in [6.45, 7) is 34.7. The van der Waals surface area contributed by atoms with E-state index in [0.717, 1.165) is 16.7 Å². The van der Waals surface area contributed by atoms with Crippen molar-refractivity contribution in [3.8, 4) is 0 Å². The number of nitrogens with zero attached hydrogens (tertiary/aromatic N) is 3. The fourth-order valence-electron chi connectivity index (χ4n) is 2.77. The zero-order valence-corrected chi connectivity index (χ0v) is 13.6. The Labute approximate surface area is 128 Å². The van der Waals surface area contributed by atoms with Crippen LogP contribution in [0.25, 0.3) is 14.5 Å². The molecule has 3 nitrogen and oxygen atoms in total. The molecule has 0 saturated heterocycles. The molecular formula is C18H21N3. The van der Waals surface area contributed by atoms with Crippen molar-refractivity contribution in [2.75, 3.05) is 0 Å². The van der Waals surface area contributed by atoms with Crippen LogP contribution in [0.1, 0.15) is 76.0 Å². The van der Waals surface area contributed by atoms with E-state index in [-0.39, 0.29) is 17.8 Å². The summed E-state index contributed by atoms with van der Waals surface area (Å²) in [5.74, 6) is 0.272. The Kier molecular flexibility index (Phi) is 5.12. The van der Waals surface area contributed by atoms with E-state index in [1.165, 1.54) is 0 Å². The Morgan fingerprint density at radius 1 is 0.524 bits per heavy atom. The van der Waals surface area contributed by atoms with Gasteiger partial charge in [-0.15, -0.1) is 0 Å². The third-order valence-electron chi connectivity index (χ3n) is 3.60. The number of hydrogen-bond acceptors (Lipinski definition) is 0. The minimum absolute atomic E-state index is 0.0907. The summed E-state index contributed by atoms with van der Waals surface area (Å²) in [4.78, 5) is 11.1. The van der Waals surface area contributed by atoms with E-state index in [1.807, 2.05) is 41.5 Å². The maximum atomic E-state index is 7.55. The Bertz CT molecular complexity index is 558. The van der Waals surface area contributed by atoms with Gasteiger partial charge in [-0.05, 0) is 34.4 Å². The van der Waals surface area contributed by atoms with Crippen molar-refractivity contribution in [1.82, 2.24) is 0 Å². The fraction of sp³-hybridized carbons (Fsp3) is 0.500. The average molecular weight is 279 g/mol. The second-order valence-electron chi connectivity index (χ2n) is 6.09. The first-order chi connectivity index (χ1) is 9.81. The molecule has 0 fully saturated rings. The van der Waals surface area contributed by atoms with Crippen molar-refractivity contribution < 1.29 is 0 Å². The molecule has 21 heavy (non-hydrogen) atoms. The van der Waals surface area contributed by atoms with Crippen molar-refractivity contribution in [3.63, 3.8) is 0 Å². The van der Waals surface area contributed by atoms with Crippen molar-refractivity contribution in [2.24, 2.45) is 0 Å². The van der Waals surface area contributed by atoms with Gasteiger partial charge in [-0.3, -0.25) is 0 Å². The van der Waals surface area contributed by atoms with Crippen LogP contribution in [0.4, 0.5) is 17.1 Å². The summed E-state index contributed by atoms with van der Waals surface area (Å²) >= 11 is 0. The van der Waals surface area contributed by atoms with Gasteiger partial charge >= 0.3 is 0 Å². The number of hydrogen-bond donors (Lipinski definition) is 0. The van der Waals surface area contributed by atoms with Gasteiger partial charge in [0.1, 0.15) is 0 Å². The van der Waals surface area contributed by atoms with Crippen LogP contribution in [0, 0.1) is 19.7 Å². The van der Waals surface area contributed by atoms with Gasteiger partial charge in [-0.25, -0.2) is 14.5 Å². The summed E-state index contributed by atoms with van der Waals surface area (Å²) in [7, 11) is 0. The number of benzene rings is 1. The molecule has 0 bridgehead atoms. The van der Waals surface area contributed by atoms with Crippen LogP contribution in [0.3, 0.4) is 0 Å². The van der Waals surface area contributed by atoms with Crippen LogP contribution >= 0.6 is 0 Å². The lowest BCUT2D eigenvalue weighted by Gasteiger charge is -2.24. The maximum absolute atomic E-state index is 7.55. The molecule has 0 heterocycles. The van der Waals surface area contributed by atoms with Gasteiger partial charge in [0.05, 0.1) is 19.7 Å². The second kappa shape index (κ2) is 6.43. The fourth-order valence-corrected chi connectivity index (χ4v) is 2.77. The molecule has 0 N–H and O–H groups in total. The predicted molar refractivity (Wildman–Crippen MR) is 87.5 cm³/mol.